The van der Waals surface area contributed by atoms with Gasteiger partial charge in [-0.25, -0.2) is 0 Å². The summed E-state index contributed by atoms with van der Waals surface area (Å²) in [5, 5.41) is 7.54. The molecule has 2 aromatic rings. The van der Waals surface area contributed by atoms with Crippen LogP contribution in [0.15, 0.2) is 35.0 Å². The van der Waals surface area contributed by atoms with Gasteiger partial charge in [0.15, 0.2) is 0 Å². The van der Waals surface area contributed by atoms with Gasteiger partial charge < -0.3 is 15.8 Å². The third-order valence-corrected chi connectivity index (χ3v) is 3.18. The zero-order chi connectivity index (χ0) is 12.1. The van der Waals surface area contributed by atoms with Crippen molar-refractivity contribution in [3.8, 4) is 11.1 Å². The van der Waals surface area contributed by atoms with E-state index >= 15 is 0 Å². The molecule has 0 saturated heterocycles. The average Bonchev–Trinajstić information content (AvgIpc) is 2.85. The first-order chi connectivity index (χ1) is 8.31. The van der Waals surface area contributed by atoms with E-state index in [1.807, 2.05) is 18.2 Å². The van der Waals surface area contributed by atoms with Crippen LogP contribution in [0.3, 0.4) is 0 Å². The Hall–Kier alpha value is -0.940. The molecule has 0 spiro atoms. The molecule has 19 heavy (non-hydrogen) atoms. The Kier molecular flexibility index (Phi) is 8.59. The van der Waals surface area contributed by atoms with E-state index in [1.165, 1.54) is 5.56 Å². The van der Waals surface area contributed by atoms with E-state index in [-0.39, 0.29) is 24.8 Å². The average molecular weight is 321 g/mol. The Morgan fingerprint density at radius 1 is 1.26 bits per heavy atom. The molecule has 0 fully saturated rings. The third kappa shape index (κ3) is 4.91. The molecule has 3 nitrogen and oxygen atoms in total. The molecule has 0 radical (unpaired) electrons. The fourth-order valence-electron chi connectivity index (χ4n) is 1.66. The summed E-state index contributed by atoms with van der Waals surface area (Å²) in [6, 6.07) is 8.02. The number of nitrogens with one attached hydrogen (secondary N) is 1. The lowest BCUT2D eigenvalue weighted by atomic mass is 10.1. The third-order valence-electron chi connectivity index (χ3n) is 2.50. The van der Waals surface area contributed by atoms with Gasteiger partial charge in [-0.05, 0) is 40.6 Å². The molecule has 106 valence electrons. The van der Waals surface area contributed by atoms with Gasteiger partial charge >= 0.3 is 0 Å². The number of methoxy groups -OCH3 is 1. The summed E-state index contributed by atoms with van der Waals surface area (Å²) in [5.74, 6) is 0. The van der Waals surface area contributed by atoms with Crippen molar-refractivity contribution in [1.82, 2.24) is 0 Å². The second kappa shape index (κ2) is 9.04. The Balaban J connectivity index is 0.00000162. The van der Waals surface area contributed by atoms with Gasteiger partial charge in [-0.2, -0.15) is 11.3 Å². The molecule has 1 aromatic heterocycles. The summed E-state index contributed by atoms with van der Waals surface area (Å²) >= 11 is 1.68. The number of hydrogen-bond donors (Lipinski definition) is 2. The van der Waals surface area contributed by atoms with Crippen LogP contribution in [0, 0.1) is 0 Å². The molecule has 0 bridgehead atoms. The zero-order valence-corrected chi connectivity index (χ0v) is 13.0. The molecule has 1 aromatic carbocycles. The maximum Gasteiger partial charge on any atom is 0.0635 e. The molecular formula is C13H18Cl2N2OS. The van der Waals surface area contributed by atoms with Crippen molar-refractivity contribution < 1.29 is 4.74 Å². The maximum absolute atomic E-state index is 5.84. The van der Waals surface area contributed by atoms with Crippen LogP contribution in [0.4, 0.5) is 11.4 Å². The highest BCUT2D eigenvalue weighted by molar-refractivity contribution is 7.08. The van der Waals surface area contributed by atoms with Crippen LogP contribution in [0.2, 0.25) is 0 Å². The van der Waals surface area contributed by atoms with E-state index in [0.29, 0.717) is 6.61 Å². The number of thiophene rings is 1. The fourth-order valence-corrected chi connectivity index (χ4v) is 2.32. The van der Waals surface area contributed by atoms with Crippen LogP contribution in [0.25, 0.3) is 11.1 Å². The monoisotopic (exact) mass is 320 g/mol. The van der Waals surface area contributed by atoms with E-state index in [4.69, 9.17) is 10.5 Å². The highest BCUT2D eigenvalue weighted by Gasteiger charge is 2.05. The van der Waals surface area contributed by atoms with Crippen LogP contribution in [-0.4, -0.2) is 20.3 Å². The van der Waals surface area contributed by atoms with Crippen molar-refractivity contribution in [2.45, 2.75) is 0 Å². The maximum atomic E-state index is 5.84. The van der Waals surface area contributed by atoms with E-state index in [2.05, 4.69) is 22.1 Å². The number of anilines is 2. The van der Waals surface area contributed by atoms with E-state index in [9.17, 15) is 0 Å². The lowest BCUT2D eigenvalue weighted by Gasteiger charge is -2.11. The molecule has 0 unspecified atom stereocenters. The molecular weight excluding hydrogens is 303 g/mol. The van der Waals surface area contributed by atoms with Gasteiger partial charge in [0.2, 0.25) is 0 Å². The summed E-state index contributed by atoms with van der Waals surface area (Å²) in [6.07, 6.45) is 0. The van der Waals surface area contributed by atoms with E-state index in [1.54, 1.807) is 18.4 Å². The Labute approximate surface area is 130 Å². The summed E-state index contributed by atoms with van der Waals surface area (Å²) < 4.78 is 5.03. The van der Waals surface area contributed by atoms with Gasteiger partial charge in [-0.1, -0.05) is 0 Å². The SMILES string of the molecule is COCCNc1ccc(N)cc1-c1ccsc1.Cl.Cl. The lowest BCUT2D eigenvalue weighted by molar-refractivity contribution is 0.211. The number of nitrogen functional groups attached to an aromatic ring is 1. The minimum absolute atomic E-state index is 0. The quantitative estimate of drug-likeness (QED) is 0.648. The summed E-state index contributed by atoms with van der Waals surface area (Å²) in [5.41, 5.74) is 10.1. The number of benzene rings is 1. The topological polar surface area (TPSA) is 47.3 Å². The van der Waals surface area contributed by atoms with Gasteiger partial charge in [0, 0.05) is 30.6 Å². The van der Waals surface area contributed by atoms with Gasteiger partial charge in [-0.3, -0.25) is 0 Å². The Morgan fingerprint density at radius 3 is 2.68 bits per heavy atom. The lowest BCUT2D eigenvalue weighted by Crippen LogP contribution is -2.08. The van der Waals surface area contributed by atoms with Crippen molar-refractivity contribution in [2.75, 3.05) is 31.3 Å². The Morgan fingerprint density at radius 2 is 2.05 bits per heavy atom. The van der Waals surface area contributed by atoms with Gasteiger partial charge in [0.1, 0.15) is 0 Å². The molecule has 0 aliphatic heterocycles. The predicted octanol–water partition coefficient (Wildman–Crippen LogP) is 3.90. The highest BCUT2D eigenvalue weighted by Crippen LogP contribution is 2.31. The van der Waals surface area contributed by atoms with Crippen LogP contribution < -0.4 is 11.1 Å². The van der Waals surface area contributed by atoms with Crippen molar-refractivity contribution in [3.63, 3.8) is 0 Å². The van der Waals surface area contributed by atoms with Crippen LogP contribution in [-0.2, 0) is 4.74 Å². The van der Waals surface area contributed by atoms with Crippen molar-refractivity contribution in [1.29, 1.82) is 0 Å². The van der Waals surface area contributed by atoms with Crippen LogP contribution >= 0.6 is 36.2 Å². The first-order valence-electron chi connectivity index (χ1n) is 5.46. The van der Waals surface area contributed by atoms with Crippen LogP contribution in [0.5, 0.6) is 0 Å². The van der Waals surface area contributed by atoms with Crippen molar-refractivity contribution in [3.05, 3.63) is 35.0 Å². The fraction of sp³-hybridized carbons (Fsp3) is 0.231. The number of nitrogens with two attached hydrogens (primary N) is 1. The van der Waals surface area contributed by atoms with Gasteiger partial charge in [0.05, 0.1) is 6.61 Å². The first-order valence-corrected chi connectivity index (χ1v) is 6.40. The highest BCUT2D eigenvalue weighted by atomic mass is 35.5. The number of ether oxygens (including phenoxy) is 1. The molecule has 3 N–H and O–H groups in total. The molecule has 0 saturated carbocycles. The number of halogens is 2. The molecule has 6 heteroatoms. The zero-order valence-electron chi connectivity index (χ0n) is 10.6. The van der Waals surface area contributed by atoms with Gasteiger partial charge in [-0.15, -0.1) is 24.8 Å². The van der Waals surface area contributed by atoms with Crippen LogP contribution in [0.1, 0.15) is 0 Å². The number of hydrogen-bond acceptors (Lipinski definition) is 4. The minimum Gasteiger partial charge on any atom is -0.399 e. The molecule has 0 amide bonds. The normalized spacial score (nSPS) is 9.32. The Bertz CT molecular complexity index is 478. The standard InChI is InChI=1S/C13H16N2OS.2ClH/c1-16-6-5-15-13-3-2-11(14)8-12(13)10-4-7-17-9-10;;/h2-4,7-9,15H,5-6,14H2,1H3;2*1H. The largest absolute Gasteiger partial charge is 0.399 e. The van der Waals surface area contributed by atoms with Crippen molar-refractivity contribution >= 4 is 47.5 Å². The summed E-state index contributed by atoms with van der Waals surface area (Å²) in [7, 11) is 1.70. The molecule has 0 aliphatic carbocycles. The smallest absolute Gasteiger partial charge is 0.0635 e. The first kappa shape index (κ1) is 18.1. The molecule has 2 rings (SSSR count). The van der Waals surface area contributed by atoms with Crippen molar-refractivity contribution in [2.24, 2.45) is 0 Å². The predicted molar refractivity (Wildman–Crippen MR) is 89.0 cm³/mol. The summed E-state index contributed by atoms with van der Waals surface area (Å²) in [6.45, 7) is 1.48. The number of rotatable bonds is 5. The van der Waals surface area contributed by atoms with E-state index < -0.39 is 0 Å². The van der Waals surface area contributed by atoms with E-state index in [0.717, 1.165) is 23.5 Å². The molecule has 0 atom stereocenters. The second-order valence-corrected chi connectivity index (χ2v) is 4.52. The minimum atomic E-state index is 0. The summed E-state index contributed by atoms with van der Waals surface area (Å²) in [4.78, 5) is 0. The second-order valence-electron chi connectivity index (χ2n) is 3.74. The molecule has 1 heterocycles. The van der Waals surface area contributed by atoms with Gasteiger partial charge in [0.25, 0.3) is 0 Å². The molecule has 0 aliphatic rings.